The fourth-order valence-corrected chi connectivity index (χ4v) is 2.48. The molecule has 6 nitrogen and oxygen atoms in total. The first-order valence-corrected chi connectivity index (χ1v) is 6.94. The number of amides is 2. The van der Waals surface area contributed by atoms with E-state index in [1.165, 1.54) is 32.2 Å². The van der Waals surface area contributed by atoms with E-state index in [0.29, 0.717) is 6.54 Å². The van der Waals surface area contributed by atoms with Crippen molar-refractivity contribution in [1.82, 2.24) is 14.7 Å². The molecule has 0 saturated heterocycles. The van der Waals surface area contributed by atoms with Gasteiger partial charge in [0, 0.05) is 26.2 Å². The van der Waals surface area contributed by atoms with Crippen molar-refractivity contribution in [3.63, 3.8) is 0 Å². The van der Waals surface area contributed by atoms with Gasteiger partial charge in [-0.1, -0.05) is 0 Å². The largest absolute Gasteiger partial charge is 0.480 e. The number of carbonyl (C=O) groups is 2. The van der Waals surface area contributed by atoms with Crippen molar-refractivity contribution >= 4 is 12.0 Å². The van der Waals surface area contributed by atoms with Crippen LogP contribution in [0.25, 0.3) is 0 Å². The molecule has 0 unspecified atom stereocenters. The maximum Gasteiger partial charge on any atom is 0.329 e. The van der Waals surface area contributed by atoms with Gasteiger partial charge in [-0.15, -0.1) is 0 Å². The van der Waals surface area contributed by atoms with Gasteiger partial charge in [0.05, 0.1) is 0 Å². The lowest BCUT2D eigenvalue weighted by molar-refractivity contribution is -0.147. The number of nitrogens with zero attached hydrogens (tertiary/aromatic N) is 3. The summed E-state index contributed by atoms with van der Waals surface area (Å²) in [4.78, 5) is 28.7. The number of carbonyl (C=O) groups excluding carboxylic acids is 1. The molecule has 0 aromatic carbocycles. The van der Waals surface area contributed by atoms with Crippen LogP contribution < -0.4 is 0 Å². The van der Waals surface area contributed by atoms with E-state index in [4.69, 9.17) is 0 Å². The second kappa shape index (κ2) is 5.60. The molecule has 0 atom stereocenters. The molecule has 20 heavy (non-hydrogen) atoms. The van der Waals surface area contributed by atoms with E-state index in [1.807, 2.05) is 14.1 Å². The summed E-state index contributed by atoms with van der Waals surface area (Å²) >= 11 is 0. The predicted octanol–water partition coefficient (Wildman–Crippen LogP) is 1.32. The molecule has 116 valence electrons. The van der Waals surface area contributed by atoms with Crippen molar-refractivity contribution in [2.24, 2.45) is 0 Å². The van der Waals surface area contributed by atoms with Gasteiger partial charge < -0.3 is 19.8 Å². The quantitative estimate of drug-likeness (QED) is 0.827. The Morgan fingerprint density at radius 3 is 1.95 bits per heavy atom. The van der Waals surface area contributed by atoms with Crippen molar-refractivity contribution in [1.29, 1.82) is 0 Å². The second-order valence-corrected chi connectivity index (χ2v) is 6.53. The van der Waals surface area contributed by atoms with Gasteiger partial charge in [0.15, 0.2) is 0 Å². The van der Waals surface area contributed by atoms with Crippen molar-refractivity contribution in [2.75, 3.05) is 34.7 Å². The van der Waals surface area contributed by atoms with E-state index in [-0.39, 0.29) is 11.6 Å². The highest BCUT2D eigenvalue weighted by molar-refractivity contribution is 5.85. The Hall–Kier alpha value is -1.30. The second-order valence-electron chi connectivity index (χ2n) is 6.53. The summed E-state index contributed by atoms with van der Waals surface area (Å²) in [6.45, 7) is 3.69. The summed E-state index contributed by atoms with van der Waals surface area (Å²) in [5.41, 5.74) is -1.17. The van der Waals surface area contributed by atoms with Crippen molar-refractivity contribution in [2.45, 2.75) is 44.2 Å². The number of aliphatic carboxylic acids is 1. The molecule has 1 fully saturated rings. The molecule has 0 spiro atoms. The van der Waals surface area contributed by atoms with Crippen LogP contribution in [-0.4, -0.2) is 77.6 Å². The first-order chi connectivity index (χ1) is 9.04. The third kappa shape index (κ3) is 2.90. The summed E-state index contributed by atoms with van der Waals surface area (Å²) in [6, 6.07) is -0.259. The van der Waals surface area contributed by atoms with Gasteiger partial charge in [0.25, 0.3) is 0 Å². The molecule has 6 heteroatoms. The van der Waals surface area contributed by atoms with E-state index < -0.39 is 11.5 Å². The molecule has 0 aromatic heterocycles. The molecule has 0 heterocycles. The first-order valence-electron chi connectivity index (χ1n) is 6.94. The minimum absolute atomic E-state index is 0.0403. The van der Waals surface area contributed by atoms with Crippen LogP contribution in [0.1, 0.15) is 33.1 Å². The first kappa shape index (κ1) is 16.8. The SMILES string of the molecule is CN(CC1(N(C)C)CCC1)C(=O)N(C)C(C)(C)C(=O)O. The summed E-state index contributed by atoms with van der Waals surface area (Å²) < 4.78 is 0. The highest BCUT2D eigenvalue weighted by Gasteiger charge is 2.43. The predicted molar refractivity (Wildman–Crippen MR) is 77.8 cm³/mol. The van der Waals surface area contributed by atoms with Crippen LogP contribution in [0, 0.1) is 0 Å². The van der Waals surface area contributed by atoms with Gasteiger partial charge in [-0.2, -0.15) is 0 Å². The molecule has 2 amide bonds. The smallest absolute Gasteiger partial charge is 0.329 e. The summed E-state index contributed by atoms with van der Waals surface area (Å²) in [7, 11) is 7.33. The molecule has 1 rings (SSSR count). The van der Waals surface area contributed by atoms with Crippen LogP contribution in [0.15, 0.2) is 0 Å². The molecule has 1 N–H and O–H groups in total. The van der Waals surface area contributed by atoms with E-state index in [9.17, 15) is 14.7 Å². The number of hydrogen-bond donors (Lipinski definition) is 1. The maximum atomic E-state index is 12.4. The number of carboxylic acid groups (broad SMARTS) is 1. The van der Waals surface area contributed by atoms with E-state index in [2.05, 4.69) is 4.90 Å². The Labute approximate surface area is 121 Å². The molecule has 1 saturated carbocycles. The topological polar surface area (TPSA) is 64.1 Å². The fraction of sp³-hybridized carbons (Fsp3) is 0.857. The fourth-order valence-electron chi connectivity index (χ4n) is 2.48. The zero-order valence-electron chi connectivity index (χ0n) is 13.4. The summed E-state index contributed by atoms with van der Waals surface area (Å²) in [5, 5.41) is 9.20. The van der Waals surface area contributed by atoms with Gasteiger partial charge in [-0.25, -0.2) is 9.59 Å². The molecule has 0 bridgehead atoms. The lowest BCUT2D eigenvalue weighted by Crippen LogP contribution is -2.61. The van der Waals surface area contributed by atoms with Crippen molar-refractivity contribution in [3.8, 4) is 0 Å². The lowest BCUT2D eigenvalue weighted by Gasteiger charge is -2.49. The maximum absolute atomic E-state index is 12.4. The number of carboxylic acids is 1. The standard InChI is InChI=1S/C14H27N3O3/c1-13(2,11(18)19)17(6)12(20)16(5)10-14(15(3)4)8-7-9-14/h7-10H2,1-6H3,(H,18,19). The number of rotatable bonds is 5. The van der Waals surface area contributed by atoms with Gasteiger partial charge in [0.1, 0.15) is 5.54 Å². The van der Waals surface area contributed by atoms with E-state index in [1.54, 1.807) is 11.9 Å². The van der Waals surface area contributed by atoms with E-state index >= 15 is 0 Å². The van der Waals surface area contributed by atoms with Crippen LogP contribution in [-0.2, 0) is 4.79 Å². The molecule has 0 radical (unpaired) electrons. The zero-order chi connectivity index (χ0) is 15.7. The lowest BCUT2D eigenvalue weighted by atomic mass is 9.75. The normalized spacial score (nSPS) is 17.6. The van der Waals surface area contributed by atoms with Crippen LogP contribution in [0.4, 0.5) is 4.79 Å². The van der Waals surface area contributed by atoms with E-state index in [0.717, 1.165) is 12.8 Å². The Balaban J connectivity index is 2.75. The van der Waals surface area contributed by atoms with Crippen molar-refractivity contribution in [3.05, 3.63) is 0 Å². The van der Waals surface area contributed by atoms with Gasteiger partial charge in [-0.05, 0) is 47.2 Å². The summed E-state index contributed by atoms with van der Waals surface area (Å²) in [6.07, 6.45) is 3.32. The molecule has 0 aromatic rings. The van der Waals surface area contributed by atoms with Crippen LogP contribution in [0.5, 0.6) is 0 Å². The van der Waals surface area contributed by atoms with Crippen molar-refractivity contribution < 1.29 is 14.7 Å². The third-order valence-electron chi connectivity index (χ3n) is 4.74. The Morgan fingerprint density at radius 2 is 1.65 bits per heavy atom. The highest BCUT2D eigenvalue weighted by Crippen LogP contribution is 2.36. The van der Waals surface area contributed by atoms with Crippen LogP contribution in [0.3, 0.4) is 0 Å². The monoisotopic (exact) mass is 285 g/mol. The van der Waals surface area contributed by atoms with Crippen LogP contribution >= 0.6 is 0 Å². The van der Waals surface area contributed by atoms with Gasteiger partial charge in [-0.3, -0.25) is 0 Å². The molecular weight excluding hydrogens is 258 g/mol. The average Bonchev–Trinajstić information content (AvgIpc) is 2.30. The Bertz CT molecular complexity index is 389. The Morgan fingerprint density at radius 1 is 1.15 bits per heavy atom. The summed E-state index contributed by atoms with van der Waals surface area (Å²) in [5.74, 6) is -1.01. The third-order valence-corrected chi connectivity index (χ3v) is 4.74. The minimum Gasteiger partial charge on any atom is -0.480 e. The molecule has 1 aliphatic carbocycles. The average molecular weight is 285 g/mol. The van der Waals surface area contributed by atoms with Gasteiger partial charge >= 0.3 is 12.0 Å². The Kier molecular flexibility index (Phi) is 4.69. The number of urea groups is 1. The highest BCUT2D eigenvalue weighted by atomic mass is 16.4. The van der Waals surface area contributed by atoms with Crippen LogP contribution in [0.2, 0.25) is 0 Å². The van der Waals surface area contributed by atoms with Gasteiger partial charge in [0.2, 0.25) is 0 Å². The minimum atomic E-state index is -1.21. The molecular formula is C14H27N3O3. The zero-order valence-corrected chi connectivity index (χ0v) is 13.4. The number of likely N-dealkylation sites (N-methyl/N-ethyl adjacent to an activating group) is 3. The molecule has 0 aliphatic heterocycles. The molecule has 1 aliphatic rings. The number of hydrogen-bond acceptors (Lipinski definition) is 3.